The van der Waals surface area contributed by atoms with Crippen molar-refractivity contribution in [3.8, 4) is 11.1 Å². The average Bonchev–Trinajstić information content (AvgIpc) is 3.08. The highest BCUT2D eigenvalue weighted by molar-refractivity contribution is 6.32. The normalized spacial score (nSPS) is 19.6. The Bertz CT molecular complexity index is 1600. The van der Waals surface area contributed by atoms with Crippen molar-refractivity contribution in [2.24, 2.45) is 5.92 Å². The molecular formula is C41H45NO2Si. The maximum Gasteiger partial charge on any atom is 0.168 e. The Morgan fingerprint density at radius 1 is 0.689 bits per heavy atom. The van der Waals surface area contributed by atoms with E-state index in [0.717, 1.165) is 35.3 Å². The molecule has 1 aliphatic heterocycles. The molecule has 1 heterocycles. The van der Waals surface area contributed by atoms with Crippen LogP contribution < -0.4 is 0 Å². The molecule has 0 radical (unpaired) electrons. The molecule has 45 heavy (non-hydrogen) atoms. The smallest absolute Gasteiger partial charge is 0.168 e. The summed E-state index contributed by atoms with van der Waals surface area (Å²) in [6.07, 6.45) is 0.608. The molecule has 0 aromatic heterocycles. The quantitative estimate of drug-likeness (QED) is 0.170. The molecule has 5 aromatic carbocycles. The van der Waals surface area contributed by atoms with Gasteiger partial charge >= 0.3 is 0 Å². The number of hydrogen-bond acceptors (Lipinski definition) is 3. The van der Waals surface area contributed by atoms with Gasteiger partial charge in [-0.05, 0) is 44.8 Å². The van der Waals surface area contributed by atoms with Gasteiger partial charge in [0.05, 0.1) is 5.60 Å². The first kappa shape index (κ1) is 31.2. The molecule has 1 fully saturated rings. The van der Waals surface area contributed by atoms with Gasteiger partial charge in [0.25, 0.3) is 0 Å². The lowest BCUT2D eigenvalue weighted by Crippen LogP contribution is -2.59. The third kappa shape index (κ3) is 6.75. The van der Waals surface area contributed by atoms with Gasteiger partial charge in [-0.15, -0.1) is 0 Å². The van der Waals surface area contributed by atoms with Crippen LogP contribution in [0.25, 0.3) is 11.1 Å². The highest BCUT2D eigenvalue weighted by Crippen LogP contribution is 2.52. The largest absolute Gasteiger partial charge is 0.409 e. The molecule has 5 aromatic rings. The van der Waals surface area contributed by atoms with Gasteiger partial charge in [-0.25, -0.2) is 0 Å². The summed E-state index contributed by atoms with van der Waals surface area (Å²) in [4.78, 5) is 2.51. The molecule has 4 heteroatoms. The van der Waals surface area contributed by atoms with Crippen LogP contribution in [-0.4, -0.2) is 32.9 Å². The van der Waals surface area contributed by atoms with Crippen molar-refractivity contribution in [1.29, 1.82) is 0 Å². The molecular weight excluding hydrogens is 567 g/mol. The minimum Gasteiger partial charge on any atom is -0.409 e. The van der Waals surface area contributed by atoms with E-state index >= 15 is 0 Å². The van der Waals surface area contributed by atoms with E-state index in [-0.39, 0.29) is 11.0 Å². The van der Waals surface area contributed by atoms with E-state index in [1.807, 2.05) is 6.07 Å². The number of benzene rings is 5. The summed E-state index contributed by atoms with van der Waals surface area (Å²) in [7, 11) is -1.06. The third-order valence-corrected chi connectivity index (χ3v) is 10.7. The van der Waals surface area contributed by atoms with E-state index in [1.54, 1.807) is 0 Å². The molecule has 3 nitrogen and oxygen atoms in total. The van der Waals surface area contributed by atoms with Crippen molar-refractivity contribution in [3.63, 3.8) is 0 Å². The van der Waals surface area contributed by atoms with Crippen molar-refractivity contribution in [1.82, 2.24) is 4.90 Å². The lowest BCUT2D eigenvalue weighted by molar-refractivity contribution is -0.146. The van der Waals surface area contributed by atoms with E-state index in [2.05, 4.69) is 165 Å². The summed E-state index contributed by atoms with van der Waals surface area (Å²) in [6.45, 7) is 9.13. The molecule has 0 bridgehead atoms. The Hall–Kier alpha value is -3.80. The van der Waals surface area contributed by atoms with Crippen LogP contribution in [0.2, 0.25) is 5.04 Å². The molecule has 0 amide bonds. The van der Waals surface area contributed by atoms with Gasteiger partial charge in [0.1, 0.15) is 5.60 Å². The SMILES string of the molecule is CC(C)(C)[SiH2]OC(c1ccccc1)(c1ccccc1)C1CN(Cc2ccccc2)CCC1(O)c1ccc(-c2ccccc2)cc1. The first-order valence-electron chi connectivity index (χ1n) is 16.2. The second-order valence-corrected chi connectivity index (χ2v) is 16.4. The highest BCUT2D eigenvalue weighted by atomic mass is 28.2. The lowest BCUT2D eigenvalue weighted by atomic mass is 9.63. The van der Waals surface area contributed by atoms with Gasteiger partial charge in [-0.2, -0.15) is 0 Å². The van der Waals surface area contributed by atoms with Crippen LogP contribution in [-0.2, 0) is 22.2 Å². The predicted molar refractivity (Wildman–Crippen MR) is 189 cm³/mol. The first-order valence-corrected chi connectivity index (χ1v) is 17.5. The van der Waals surface area contributed by atoms with Gasteiger partial charge in [0.2, 0.25) is 0 Å². The summed E-state index contributed by atoms with van der Waals surface area (Å²) >= 11 is 0. The van der Waals surface area contributed by atoms with Gasteiger partial charge in [-0.1, -0.05) is 166 Å². The lowest BCUT2D eigenvalue weighted by Gasteiger charge is -2.54. The molecule has 2 atom stereocenters. The van der Waals surface area contributed by atoms with E-state index in [0.29, 0.717) is 13.0 Å². The average molecular weight is 612 g/mol. The molecule has 1 saturated heterocycles. The summed E-state index contributed by atoms with van der Waals surface area (Å²) in [5.41, 5.74) is 4.78. The number of nitrogens with zero attached hydrogens (tertiary/aromatic N) is 1. The fourth-order valence-corrected chi connectivity index (χ4v) is 8.11. The van der Waals surface area contributed by atoms with Crippen LogP contribution in [0, 0.1) is 5.92 Å². The molecule has 230 valence electrons. The molecule has 0 spiro atoms. The number of piperidine rings is 1. The van der Waals surface area contributed by atoms with E-state index < -0.39 is 21.0 Å². The minimum atomic E-state index is -1.12. The Labute approximate surface area is 271 Å². The predicted octanol–water partition coefficient (Wildman–Crippen LogP) is 8.33. The van der Waals surface area contributed by atoms with Crippen molar-refractivity contribution >= 4 is 9.76 Å². The Balaban J connectivity index is 1.52. The van der Waals surface area contributed by atoms with Crippen molar-refractivity contribution in [3.05, 3.63) is 168 Å². The minimum absolute atomic E-state index is 0.0582. The van der Waals surface area contributed by atoms with Crippen molar-refractivity contribution in [2.75, 3.05) is 13.1 Å². The van der Waals surface area contributed by atoms with E-state index in [1.165, 1.54) is 11.1 Å². The zero-order chi connectivity index (χ0) is 31.3. The fourth-order valence-electron chi connectivity index (χ4n) is 6.92. The van der Waals surface area contributed by atoms with Crippen LogP contribution in [0.15, 0.2) is 146 Å². The maximum atomic E-state index is 13.2. The van der Waals surface area contributed by atoms with Gasteiger partial charge < -0.3 is 9.53 Å². The number of rotatable bonds is 9. The number of hydrogen-bond donors (Lipinski definition) is 1. The van der Waals surface area contributed by atoms with Crippen LogP contribution in [0.4, 0.5) is 0 Å². The van der Waals surface area contributed by atoms with Crippen LogP contribution in [0.1, 0.15) is 49.4 Å². The molecule has 2 unspecified atom stereocenters. The zero-order valence-corrected chi connectivity index (χ0v) is 28.2. The topological polar surface area (TPSA) is 32.7 Å². The summed E-state index contributed by atoms with van der Waals surface area (Å²) in [5.74, 6) is -0.273. The van der Waals surface area contributed by atoms with Crippen LogP contribution in [0.3, 0.4) is 0 Å². The van der Waals surface area contributed by atoms with Crippen molar-refractivity contribution in [2.45, 2.75) is 50.0 Å². The summed E-state index contributed by atoms with van der Waals surface area (Å²) < 4.78 is 7.47. The van der Waals surface area contributed by atoms with E-state index in [4.69, 9.17) is 4.43 Å². The zero-order valence-electron chi connectivity index (χ0n) is 26.8. The Kier molecular flexibility index (Phi) is 9.20. The molecule has 1 aliphatic rings. The van der Waals surface area contributed by atoms with Gasteiger partial charge in [0.15, 0.2) is 9.76 Å². The number of aliphatic hydroxyl groups is 1. The molecule has 1 N–H and O–H groups in total. The monoisotopic (exact) mass is 611 g/mol. The van der Waals surface area contributed by atoms with Crippen LogP contribution >= 0.6 is 0 Å². The Morgan fingerprint density at radius 3 is 1.71 bits per heavy atom. The summed E-state index contributed by atoms with van der Waals surface area (Å²) in [5, 5.41) is 13.3. The number of likely N-dealkylation sites (tertiary alicyclic amines) is 1. The molecule has 6 rings (SSSR count). The third-order valence-electron chi connectivity index (χ3n) is 9.20. The van der Waals surface area contributed by atoms with Gasteiger partial charge in [0, 0.05) is 25.6 Å². The second-order valence-electron chi connectivity index (χ2n) is 13.7. The molecule has 0 saturated carbocycles. The standard InChI is InChI=1S/C41H45NO2Si/c1-39(2,3)45-44-41(36-20-12-6-13-21-36,37-22-14-7-15-23-37)38-31-42(30-32-16-8-4-9-17-32)29-28-40(38,43)35-26-24-34(25-27-35)33-18-10-5-11-19-33/h4-27,38,43H,28-31,45H2,1-3H3. The second kappa shape index (κ2) is 13.3. The summed E-state index contributed by atoms with van der Waals surface area (Å²) in [6, 6.07) is 51.1. The first-order chi connectivity index (χ1) is 21.8. The molecule has 0 aliphatic carbocycles. The highest BCUT2D eigenvalue weighted by Gasteiger charge is 2.56. The van der Waals surface area contributed by atoms with Gasteiger partial charge in [-0.3, -0.25) is 4.90 Å². The van der Waals surface area contributed by atoms with Crippen LogP contribution in [0.5, 0.6) is 0 Å². The maximum absolute atomic E-state index is 13.2. The van der Waals surface area contributed by atoms with Crippen molar-refractivity contribution < 1.29 is 9.53 Å². The fraction of sp³-hybridized carbons (Fsp3) is 0.268. The Morgan fingerprint density at radius 2 is 1.18 bits per heavy atom. The van der Waals surface area contributed by atoms with E-state index in [9.17, 15) is 5.11 Å².